The van der Waals surface area contributed by atoms with Crippen LogP contribution in [0.15, 0.2) is 36.8 Å². The van der Waals surface area contributed by atoms with Crippen molar-refractivity contribution in [3.63, 3.8) is 0 Å². The molecule has 6 nitrogen and oxygen atoms in total. The number of hydrogen-bond acceptors (Lipinski definition) is 4. The first kappa shape index (κ1) is 17.5. The van der Waals surface area contributed by atoms with Crippen molar-refractivity contribution in [1.82, 2.24) is 15.0 Å². The van der Waals surface area contributed by atoms with Crippen LogP contribution in [0.25, 0.3) is 28.2 Å². The van der Waals surface area contributed by atoms with Crippen molar-refractivity contribution < 1.29 is 18.3 Å². The summed E-state index contributed by atoms with van der Waals surface area (Å²) in [7, 11) is 0. The van der Waals surface area contributed by atoms with E-state index < -0.39 is 18.4 Å². The molecule has 134 valence electrons. The Labute approximate surface area is 147 Å². The fourth-order valence-electron chi connectivity index (χ4n) is 2.40. The molecular formula is C18H16F2N4O2. The summed E-state index contributed by atoms with van der Waals surface area (Å²) in [5.41, 5.74) is 7.63. The van der Waals surface area contributed by atoms with Gasteiger partial charge in [-0.1, -0.05) is 0 Å². The lowest BCUT2D eigenvalue weighted by Gasteiger charge is -2.07. The molecule has 0 bridgehead atoms. The van der Waals surface area contributed by atoms with Crippen LogP contribution >= 0.6 is 0 Å². The number of rotatable bonds is 7. The minimum Gasteiger partial charge on any atom is -0.475 e. The van der Waals surface area contributed by atoms with E-state index in [1.807, 2.05) is 0 Å². The van der Waals surface area contributed by atoms with Gasteiger partial charge in [0.1, 0.15) is 5.65 Å². The van der Waals surface area contributed by atoms with E-state index in [0.29, 0.717) is 16.8 Å². The Balaban J connectivity index is 1.91. The number of H-pyrrole nitrogens is 1. The summed E-state index contributed by atoms with van der Waals surface area (Å²) >= 11 is 0. The second-order valence-electron chi connectivity index (χ2n) is 5.50. The van der Waals surface area contributed by atoms with Gasteiger partial charge in [0.25, 0.3) is 0 Å². The molecular weight excluding hydrogens is 342 g/mol. The van der Waals surface area contributed by atoms with Crippen LogP contribution < -0.4 is 10.5 Å². The van der Waals surface area contributed by atoms with Crippen molar-refractivity contribution >= 4 is 23.0 Å². The number of alkyl halides is 1. The number of aromatic nitrogens is 3. The Bertz CT molecular complexity index is 969. The predicted octanol–water partition coefficient (Wildman–Crippen LogP) is 3.00. The first-order valence-corrected chi connectivity index (χ1v) is 7.88. The standard InChI is InChI=1S/C18H16F2N4O2/c19-4-1-5-26-18-15(20)7-13(10-24-18)12-6-14-11(2-3-16(21)25)8-22-17(14)23-9-12/h2-3,6-10H,1,4-5H2,(H2,21,25)(H,22,23)/b3-2+. The highest BCUT2D eigenvalue weighted by molar-refractivity contribution is 5.95. The zero-order chi connectivity index (χ0) is 18.5. The van der Waals surface area contributed by atoms with Crippen molar-refractivity contribution in [1.29, 1.82) is 0 Å². The van der Waals surface area contributed by atoms with Gasteiger partial charge in [-0.05, 0) is 18.2 Å². The number of nitrogens with one attached hydrogen (secondary N) is 1. The number of halogens is 2. The van der Waals surface area contributed by atoms with E-state index in [9.17, 15) is 13.6 Å². The normalized spacial score (nSPS) is 11.3. The van der Waals surface area contributed by atoms with Crippen molar-refractivity contribution in [3.8, 4) is 17.0 Å². The summed E-state index contributed by atoms with van der Waals surface area (Å²) in [5, 5.41) is 0.753. The van der Waals surface area contributed by atoms with Crippen LogP contribution in [0.5, 0.6) is 5.88 Å². The zero-order valence-electron chi connectivity index (χ0n) is 13.7. The Hall–Kier alpha value is -3.29. The van der Waals surface area contributed by atoms with Gasteiger partial charge in [-0.2, -0.15) is 0 Å². The maximum Gasteiger partial charge on any atom is 0.250 e. The van der Waals surface area contributed by atoms with Crippen LogP contribution in [0, 0.1) is 5.82 Å². The molecule has 0 radical (unpaired) electrons. The second kappa shape index (κ2) is 7.73. The van der Waals surface area contributed by atoms with Crippen LogP contribution in [0.1, 0.15) is 12.0 Å². The molecule has 0 aliphatic rings. The van der Waals surface area contributed by atoms with Gasteiger partial charge in [0, 0.05) is 53.2 Å². The molecule has 0 aliphatic heterocycles. The first-order valence-electron chi connectivity index (χ1n) is 7.88. The molecule has 3 heterocycles. The number of fused-ring (bicyclic) bond motifs is 1. The number of aromatic amines is 1. The highest BCUT2D eigenvalue weighted by Crippen LogP contribution is 2.27. The third kappa shape index (κ3) is 3.85. The molecule has 0 saturated carbocycles. The van der Waals surface area contributed by atoms with Crippen LogP contribution in [0.4, 0.5) is 8.78 Å². The lowest BCUT2D eigenvalue weighted by atomic mass is 10.1. The number of hydrogen-bond donors (Lipinski definition) is 2. The molecule has 0 aliphatic carbocycles. The third-order valence-corrected chi connectivity index (χ3v) is 3.65. The highest BCUT2D eigenvalue weighted by atomic mass is 19.1. The van der Waals surface area contributed by atoms with Gasteiger partial charge >= 0.3 is 0 Å². The zero-order valence-corrected chi connectivity index (χ0v) is 13.7. The van der Waals surface area contributed by atoms with E-state index in [0.717, 1.165) is 10.9 Å². The fourth-order valence-corrected chi connectivity index (χ4v) is 2.40. The maximum absolute atomic E-state index is 14.1. The molecule has 0 spiro atoms. The number of carbonyl (C=O) groups is 1. The average molecular weight is 358 g/mol. The van der Waals surface area contributed by atoms with Gasteiger partial charge in [-0.15, -0.1) is 0 Å². The van der Waals surface area contributed by atoms with Crippen molar-refractivity contribution in [2.45, 2.75) is 6.42 Å². The van der Waals surface area contributed by atoms with Gasteiger partial charge in [0.15, 0.2) is 5.82 Å². The smallest absolute Gasteiger partial charge is 0.250 e. The highest BCUT2D eigenvalue weighted by Gasteiger charge is 2.10. The molecule has 0 fully saturated rings. The number of nitrogens with two attached hydrogens (primary N) is 1. The SMILES string of the molecule is NC(=O)/C=C/c1c[nH]c2ncc(-c3cnc(OCCCF)c(F)c3)cc12. The third-order valence-electron chi connectivity index (χ3n) is 3.65. The lowest BCUT2D eigenvalue weighted by Crippen LogP contribution is -2.04. The van der Waals surface area contributed by atoms with Crippen LogP contribution in [0.3, 0.4) is 0 Å². The molecule has 3 rings (SSSR count). The van der Waals surface area contributed by atoms with Crippen molar-refractivity contribution in [3.05, 3.63) is 48.2 Å². The molecule has 3 N–H and O–H groups in total. The maximum atomic E-state index is 14.1. The van der Waals surface area contributed by atoms with E-state index >= 15 is 0 Å². The Kier molecular flexibility index (Phi) is 5.21. The Morgan fingerprint density at radius 3 is 2.77 bits per heavy atom. The Morgan fingerprint density at radius 1 is 1.27 bits per heavy atom. The Morgan fingerprint density at radius 2 is 2.04 bits per heavy atom. The number of amides is 1. The quantitative estimate of drug-likeness (QED) is 0.501. The van der Waals surface area contributed by atoms with E-state index in [1.165, 1.54) is 18.3 Å². The summed E-state index contributed by atoms with van der Waals surface area (Å²) in [6.07, 6.45) is 7.75. The second-order valence-corrected chi connectivity index (χ2v) is 5.50. The number of primary amides is 1. The molecule has 0 saturated heterocycles. The minimum atomic E-state index is -0.635. The summed E-state index contributed by atoms with van der Waals surface area (Å²) in [5.74, 6) is -1.36. The summed E-state index contributed by atoms with van der Waals surface area (Å²) in [4.78, 5) is 22.1. The molecule has 26 heavy (non-hydrogen) atoms. The van der Waals surface area contributed by atoms with E-state index in [-0.39, 0.29) is 18.9 Å². The van der Waals surface area contributed by atoms with Crippen molar-refractivity contribution in [2.75, 3.05) is 13.3 Å². The van der Waals surface area contributed by atoms with Gasteiger partial charge in [0.2, 0.25) is 11.8 Å². The van der Waals surface area contributed by atoms with E-state index in [2.05, 4.69) is 15.0 Å². The van der Waals surface area contributed by atoms with Gasteiger partial charge in [0.05, 0.1) is 13.3 Å². The molecule has 3 aromatic heterocycles. The van der Waals surface area contributed by atoms with Gasteiger partial charge < -0.3 is 15.5 Å². The molecule has 3 aromatic rings. The van der Waals surface area contributed by atoms with E-state index in [1.54, 1.807) is 24.5 Å². The first-order chi connectivity index (χ1) is 12.6. The monoisotopic (exact) mass is 358 g/mol. The summed E-state index contributed by atoms with van der Waals surface area (Å²) in [6, 6.07) is 3.09. The van der Waals surface area contributed by atoms with Crippen LogP contribution in [0.2, 0.25) is 0 Å². The van der Waals surface area contributed by atoms with Crippen LogP contribution in [-0.4, -0.2) is 34.1 Å². The van der Waals surface area contributed by atoms with Gasteiger partial charge in [-0.3, -0.25) is 9.18 Å². The predicted molar refractivity (Wildman–Crippen MR) is 93.6 cm³/mol. The number of pyridine rings is 2. The lowest BCUT2D eigenvalue weighted by molar-refractivity contribution is -0.113. The largest absolute Gasteiger partial charge is 0.475 e. The summed E-state index contributed by atoms with van der Waals surface area (Å²) < 4.78 is 31.3. The number of nitrogens with zero attached hydrogens (tertiary/aromatic N) is 2. The molecule has 0 atom stereocenters. The van der Waals surface area contributed by atoms with Crippen molar-refractivity contribution in [2.24, 2.45) is 5.73 Å². The number of ether oxygens (including phenoxy) is 1. The minimum absolute atomic E-state index is 0.0617. The fraction of sp³-hybridized carbons (Fsp3) is 0.167. The van der Waals surface area contributed by atoms with Crippen LogP contribution in [-0.2, 0) is 4.79 Å². The molecule has 8 heteroatoms. The molecule has 0 unspecified atom stereocenters. The van der Waals surface area contributed by atoms with Gasteiger partial charge in [-0.25, -0.2) is 14.4 Å². The molecule has 1 amide bonds. The summed E-state index contributed by atoms with van der Waals surface area (Å²) in [6.45, 7) is -0.471. The number of carbonyl (C=O) groups excluding carboxylic acids is 1. The molecule has 0 aromatic carbocycles. The average Bonchev–Trinajstić information content (AvgIpc) is 3.03. The topological polar surface area (TPSA) is 93.9 Å². The van der Waals surface area contributed by atoms with E-state index in [4.69, 9.17) is 10.5 Å².